The Balaban J connectivity index is 1.69. The van der Waals surface area contributed by atoms with Gasteiger partial charge in [-0.2, -0.15) is 0 Å². The van der Waals surface area contributed by atoms with Crippen LogP contribution in [0.4, 0.5) is 0 Å². The first-order valence-corrected chi connectivity index (χ1v) is 15.6. The number of carbonyl (C=O) groups is 7. The van der Waals surface area contributed by atoms with Crippen LogP contribution in [0, 0.1) is 17.8 Å². The van der Waals surface area contributed by atoms with Crippen LogP contribution in [-0.4, -0.2) is 85.0 Å². The highest BCUT2D eigenvalue weighted by atomic mass is 16.2. The maximum absolute atomic E-state index is 12.8. The fourth-order valence-corrected chi connectivity index (χ4v) is 4.68. The Hall–Kier alpha value is -4.29. The lowest BCUT2D eigenvalue weighted by atomic mass is 9.94. The molecule has 1 aliphatic heterocycles. The van der Waals surface area contributed by atoms with Gasteiger partial charge in [0, 0.05) is 38.3 Å². The lowest BCUT2D eigenvalue weighted by molar-refractivity contribution is -0.140. The summed E-state index contributed by atoms with van der Waals surface area (Å²) in [5.41, 5.74) is 0.798. The number of nitrogens with one attached hydrogen (secondary N) is 5. The third-order valence-electron chi connectivity index (χ3n) is 7.33. The number of hydrogen-bond acceptors (Lipinski definition) is 7. The van der Waals surface area contributed by atoms with Gasteiger partial charge < -0.3 is 26.6 Å². The van der Waals surface area contributed by atoms with Crippen molar-refractivity contribution in [1.29, 1.82) is 0 Å². The molecule has 5 N–H and O–H groups in total. The Labute approximate surface area is 265 Å². The molecule has 0 spiro atoms. The van der Waals surface area contributed by atoms with Crippen LogP contribution in [0.15, 0.2) is 30.3 Å². The number of amides is 7. The lowest BCUT2D eigenvalue weighted by Gasteiger charge is -2.19. The molecule has 1 saturated heterocycles. The molecule has 1 heterocycles. The predicted molar refractivity (Wildman–Crippen MR) is 167 cm³/mol. The van der Waals surface area contributed by atoms with Crippen molar-refractivity contribution in [2.75, 3.05) is 32.7 Å². The van der Waals surface area contributed by atoms with Gasteiger partial charge in [0.05, 0.1) is 19.6 Å². The van der Waals surface area contributed by atoms with Gasteiger partial charge in [0.15, 0.2) is 0 Å². The van der Waals surface area contributed by atoms with Crippen molar-refractivity contribution in [2.24, 2.45) is 17.8 Å². The van der Waals surface area contributed by atoms with E-state index in [0.717, 1.165) is 5.56 Å². The molecular formula is C32H48N6O7. The molecule has 248 valence electrons. The Morgan fingerprint density at radius 1 is 0.778 bits per heavy atom. The number of hydrogen-bond donors (Lipinski definition) is 5. The summed E-state index contributed by atoms with van der Waals surface area (Å²) in [4.78, 5) is 87.6. The molecular weight excluding hydrogens is 580 g/mol. The molecule has 1 aromatic carbocycles. The van der Waals surface area contributed by atoms with Gasteiger partial charge in [0.1, 0.15) is 6.04 Å². The van der Waals surface area contributed by atoms with E-state index in [2.05, 4.69) is 26.6 Å². The van der Waals surface area contributed by atoms with Crippen molar-refractivity contribution < 1.29 is 33.6 Å². The minimum absolute atomic E-state index is 0.116. The van der Waals surface area contributed by atoms with E-state index in [9.17, 15) is 33.6 Å². The normalized spacial score (nSPS) is 15.2. The van der Waals surface area contributed by atoms with Crippen molar-refractivity contribution in [3.8, 4) is 0 Å². The SMILES string of the molecule is CC(C)CNC(=O)CNC(=O)[C@H](Cc1ccccc1)NC(=O)CNC(=O)CNC(=O)CCCCCN1C(=O)CC(C(C)C)C1=O. The van der Waals surface area contributed by atoms with Crippen LogP contribution in [0.25, 0.3) is 0 Å². The summed E-state index contributed by atoms with van der Waals surface area (Å²) in [6.07, 6.45) is 2.38. The van der Waals surface area contributed by atoms with Crippen molar-refractivity contribution >= 4 is 41.4 Å². The summed E-state index contributed by atoms with van der Waals surface area (Å²) in [6, 6.07) is 8.08. The fraction of sp³-hybridized carbons (Fsp3) is 0.594. The number of imide groups is 1. The second-order valence-electron chi connectivity index (χ2n) is 12.0. The Kier molecular flexibility index (Phi) is 15.7. The summed E-state index contributed by atoms with van der Waals surface area (Å²) in [7, 11) is 0. The van der Waals surface area contributed by atoms with E-state index in [4.69, 9.17) is 0 Å². The van der Waals surface area contributed by atoms with Crippen LogP contribution in [0.2, 0.25) is 0 Å². The van der Waals surface area contributed by atoms with E-state index in [0.29, 0.717) is 32.4 Å². The molecule has 0 aromatic heterocycles. The molecule has 1 fully saturated rings. The summed E-state index contributed by atoms with van der Waals surface area (Å²) in [6.45, 7) is 7.61. The number of rotatable bonds is 19. The zero-order valence-corrected chi connectivity index (χ0v) is 26.8. The highest BCUT2D eigenvalue weighted by molar-refractivity contribution is 6.03. The van der Waals surface area contributed by atoms with E-state index < -0.39 is 30.3 Å². The van der Waals surface area contributed by atoms with Gasteiger partial charge in [-0.05, 0) is 30.2 Å². The minimum Gasteiger partial charge on any atom is -0.354 e. The standard InChI is InChI=1S/C32H48N6O7/c1-21(2)17-33-28(41)19-36-31(44)25(15-23-11-7-5-8-12-23)37-29(42)20-35-27(40)18-34-26(39)13-9-6-10-14-38-30(43)16-24(22(3)4)32(38)45/h5,7-8,11-12,21-22,24-25H,6,9-10,13-20H2,1-4H3,(H,33,41)(H,34,39)(H,35,40)(H,36,44)(H,37,42)/t24?,25-/m0/s1. The number of unbranched alkanes of at least 4 members (excludes halogenated alkanes) is 2. The first-order chi connectivity index (χ1) is 21.4. The third-order valence-corrected chi connectivity index (χ3v) is 7.33. The number of nitrogens with zero attached hydrogens (tertiary/aromatic N) is 1. The second kappa shape index (κ2) is 19.2. The number of carbonyl (C=O) groups excluding carboxylic acids is 7. The van der Waals surface area contributed by atoms with Crippen molar-refractivity contribution in [3.63, 3.8) is 0 Å². The van der Waals surface area contributed by atoms with Crippen molar-refractivity contribution in [1.82, 2.24) is 31.5 Å². The van der Waals surface area contributed by atoms with Gasteiger partial charge >= 0.3 is 0 Å². The van der Waals surface area contributed by atoms with Crippen LogP contribution in [0.5, 0.6) is 0 Å². The van der Waals surface area contributed by atoms with Gasteiger partial charge in [-0.25, -0.2) is 0 Å². The summed E-state index contributed by atoms with van der Waals surface area (Å²) >= 11 is 0. The van der Waals surface area contributed by atoms with Gasteiger partial charge in [-0.3, -0.25) is 38.5 Å². The molecule has 1 aromatic rings. The lowest BCUT2D eigenvalue weighted by Crippen LogP contribution is -2.52. The zero-order valence-electron chi connectivity index (χ0n) is 26.8. The molecule has 45 heavy (non-hydrogen) atoms. The molecule has 1 aliphatic rings. The summed E-state index contributed by atoms with van der Waals surface area (Å²) in [5, 5.41) is 12.8. The average molecular weight is 629 g/mol. The fourth-order valence-electron chi connectivity index (χ4n) is 4.68. The second-order valence-corrected chi connectivity index (χ2v) is 12.0. The molecule has 13 heteroatoms. The van der Waals surface area contributed by atoms with Gasteiger partial charge in [0.2, 0.25) is 41.4 Å². The Morgan fingerprint density at radius 2 is 1.40 bits per heavy atom. The minimum atomic E-state index is -0.979. The van der Waals surface area contributed by atoms with E-state index in [-0.39, 0.29) is 73.7 Å². The predicted octanol–water partition coefficient (Wildman–Crippen LogP) is 0.426. The van der Waals surface area contributed by atoms with Gasteiger partial charge in [-0.15, -0.1) is 0 Å². The van der Waals surface area contributed by atoms with Crippen LogP contribution >= 0.6 is 0 Å². The first-order valence-electron chi connectivity index (χ1n) is 15.6. The first kappa shape index (κ1) is 36.9. The quantitative estimate of drug-likeness (QED) is 0.109. The maximum atomic E-state index is 12.8. The summed E-state index contributed by atoms with van der Waals surface area (Å²) in [5.74, 6) is -2.54. The summed E-state index contributed by atoms with van der Waals surface area (Å²) < 4.78 is 0. The van der Waals surface area contributed by atoms with Crippen molar-refractivity contribution in [3.05, 3.63) is 35.9 Å². The Morgan fingerprint density at radius 3 is 2.04 bits per heavy atom. The monoisotopic (exact) mass is 628 g/mol. The molecule has 2 atom stereocenters. The molecule has 13 nitrogen and oxygen atoms in total. The molecule has 1 unspecified atom stereocenters. The van der Waals surface area contributed by atoms with Gasteiger partial charge in [0.25, 0.3) is 0 Å². The van der Waals surface area contributed by atoms with Crippen molar-refractivity contribution in [2.45, 2.75) is 72.3 Å². The topological polar surface area (TPSA) is 183 Å². The number of benzene rings is 1. The third kappa shape index (κ3) is 13.9. The van der Waals surface area contributed by atoms with E-state index in [1.54, 1.807) is 12.1 Å². The highest BCUT2D eigenvalue weighted by Crippen LogP contribution is 2.26. The molecule has 0 aliphatic carbocycles. The maximum Gasteiger partial charge on any atom is 0.243 e. The molecule has 2 rings (SSSR count). The largest absolute Gasteiger partial charge is 0.354 e. The zero-order chi connectivity index (χ0) is 33.4. The number of likely N-dealkylation sites (tertiary alicyclic amines) is 1. The highest BCUT2D eigenvalue weighted by Gasteiger charge is 2.39. The van der Waals surface area contributed by atoms with Crippen LogP contribution in [0.3, 0.4) is 0 Å². The Bertz CT molecular complexity index is 1190. The van der Waals surface area contributed by atoms with E-state index in [1.165, 1.54) is 4.90 Å². The van der Waals surface area contributed by atoms with E-state index in [1.807, 2.05) is 45.9 Å². The smallest absolute Gasteiger partial charge is 0.243 e. The van der Waals surface area contributed by atoms with Crippen LogP contribution in [-0.2, 0) is 40.0 Å². The average Bonchev–Trinajstić information content (AvgIpc) is 3.29. The molecule has 7 amide bonds. The molecule has 0 bridgehead atoms. The van der Waals surface area contributed by atoms with Gasteiger partial charge in [-0.1, -0.05) is 64.4 Å². The molecule has 0 radical (unpaired) electrons. The van der Waals surface area contributed by atoms with Crippen LogP contribution < -0.4 is 26.6 Å². The molecule has 0 saturated carbocycles. The van der Waals surface area contributed by atoms with Crippen LogP contribution in [0.1, 0.15) is 65.4 Å². The van der Waals surface area contributed by atoms with E-state index >= 15 is 0 Å².